The number of rotatable bonds is 6. The van der Waals surface area contributed by atoms with E-state index >= 15 is 0 Å². The van der Waals surface area contributed by atoms with Crippen molar-refractivity contribution in [1.82, 2.24) is 5.32 Å². The van der Waals surface area contributed by atoms with Crippen LogP contribution < -0.4 is 14.8 Å². The van der Waals surface area contributed by atoms with E-state index in [0.29, 0.717) is 6.61 Å². The van der Waals surface area contributed by atoms with Crippen LogP contribution in [0.3, 0.4) is 0 Å². The van der Waals surface area contributed by atoms with Gasteiger partial charge < -0.3 is 19.5 Å². The minimum atomic E-state index is -0.443. The van der Waals surface area contributed by atoms with Gasteiger partial charge in [0, 0.05) is 0 Å². The van der Waals surface area contributed by atoms with E-state index in [2.05, 4.69) is 16.1 Å². The van der Waals surface area contributed by atoms with Crippen LogP contribution in [0.25, 0.3) is 10.8 Å². The first-order chi connectivity index (χ1) is 13.1. The first-order valence-corrected chi connectivity index (χ1v) is 8.88. The monoisotopic (exact) mass is 365 g/mol. The van der Waals surface area contributed by atoms with E-state index in [1.807, 2.05) is 68.4 Å². The number of carbonyl (C=O) groups excluding carboxylic acids is 1. The van der Waals surface area contributed by atoms with Crippen LogP contribution >= 0.6 is 0 Å². The quantitative estimate of drug-likeness (QED) is 0.631. The van der Waals surface area contributed by atoms with Crippen molar-refractivity contribution in [3.8, 4) is 17.2 Å². The second-order valence-electron chi connectivity index (χ2n) is 6.13. The minimum Gasteiger partial charge on any atom is -0.494 e. The molecule has 1 atom stereocenters. The molecule has 5 nitrogen and oxygen atoms in total. The maximum atomic E-state index is 11.4. The largest absolute Gasteiger partial charge is 0.494 e. The van der Waals surface area contributed by atoms with Gasteiger partial charge >= 0.3 is 6.09 Å². The summed E-state index contributed by atoms with van der Waals surface area (Å²) >= 11 is 0. The molecule has 0 aromatic heterocycles. The van der Waals surface area contributed by atoms with E-state index in [4.69, 9.17) is 9.47 Å². The molecule has 0 aliphatic carbocycles. The Labute approximate surface area is 158 Å². The molecule has 27 heavy (non-hydrogen) atoms. The fourth-order valence-electron chi connectivity index (χ4n) is 2.80. The van der Waals surface area contributed by atoms with Crippen LogP contribution in [0.4, 0.5) is 4.79 Å². The fourth-order valence-corrected chi connectivity index (χ4v) is 2.80. The molecule has 0 saturated carbocycles. The van der Waals surface area contributed by atoms with Crippen molar-refractivity contribution >= 4 is 16.9 Å². The third-order valence-corrected chi connectivity index (χ3v) is 4.23. The second-order valence-corrected chi connectivity index (χ2v) is 6.13. The van der Waals surface area contributed by atoms with E-state index in [1.165, 1.54) is 7.11 Å². The van der Waals surface area contributed by atoms with Crippen molar-refractivity contribution < 1.29 is 19.0 Å². The predicted octanol–water partition coefficient (Wildman–Crippen LogP) is 5.45. The van der Waals surface area contributed by atoms with Crippen LogP contribution in [0, 0.1) is 0 Å². The molecule has 1 amide bonds. The molecule has 0 aliphatic heterocycles. The molecule has 0 saturated heterocycles. The van der Waals surface area contributed by atoms with Gasteiger partial charge in [-0.15, -0.1) is 0 Å². The maximum Gasteiger partial charge on any atom is 0.407 e. The van der Waals surface area contributed by atoms with Crippen molar-refractivity contribution in [3.63, 3.8) is 0 Å². The summed E-state index contributed by atoms with van der Waals surface area (Å²) in [6, 6.07) is 19.4. The summed E-state index contributed by atoms with van der Waals surface area (Å²) in [5.74, 6) is 2.34. The number of fused-ring (bicyclic) bond motifs is 1. The molecule has 1 N–H and O–H groups in total. The second kappa shape index (κ2) is 8.45. The number of nitrogens with one attached hydrogen (secondary N) is 1. The zero-order valence-corrected chi connectivity index (χ0v) is 15.7. The van der Waals surface area contributed by atoms with Gasteiger partial charge in [-0.3, -0.25) is 0 Å². The van der Waals surface area contributed by atoms with Crippen LogP contribution in [0.1, 0.15) is 25.5 Å². The molecule has 3 aromatic rings. The average molecular weight is 365 g/mol. The topological polar surface area (TPSA) is 56.8 Å². The van der Waals surface area contributed by atoms with Gasteiger partial charge in [0.25, 0.3) is 0 Å². The lowest BCUT2D eigenvalue weighted by molar-refractivity contribution is 0.167. The molecule has 0 heterocycles. The van der Waals surface area contributed by atoms with E-state index in [0.717, 1.165) is 33.6 Å². The summed E-state index contributed by atoms with van der Waals surface area (Å²) in [4.78, 5) is 11.4. The highest BCUT2D eigenvalue weighted by atomic mass is 16.5. The summed E-state index contributed by atoms with van der Waals surface area (Å²) in [5.41, 5.74) is 1.01. The summed E-state index contributed by atoms with van der Waals surface area (Å²) in [6.07, 6.45) is -0.443. The number of amides is 1. The Balaban J connectivity index is 1.75. The van der Waals surface area contributed by atoms with Gasteiger partial charge in [-0.2, -0.15) is 0 Å². The van der Waals surface area contributed by atoms with Crippen molar-refractivity contribution in [2.75, 3.05) is 13.7 Å². The molecular weight excluding hydrogens is 342 g/mol. The number of hydrogen-bond acceptors (Lipinski definition) is 4. The van der Waals surface area contributed by atoms with Gasteiger partial charge in [0.2, 0.25) is 0 Å². The fraction of sp³-hybridized carbons (Fsp3) is 0.227. The highest BCUT2D eigenvalue weighted by molar-refractivity contribution is 5.84. The number of ether oxygens (including phenoxy) is 3. The minimum absolute atomic E-state index is 0.137. The molecule has 3 rings (SSSR count). The smallest absolute Gasteiger partial charge is 0.407 e. The molecule has 3 aromatic carbocycles. The standard InChI is InChI=1S/C22H23NO4/c1-4-26-19-9-11-20(12-10-19)27-21-8-7-17-13-16(5-6-18(17)14-21)15(2)23-22(24)25-3/h5-15H,4H2,1-3H3,(H,23,24). The SMILES string of the molecule is CCOc1ccc(Oc2ccc3cc(C(C)NC(=O)OC)ccc3c2)cc1. The Kier molecular flexibility index (Phi) is 5.81. The third-order valence-electron chi connectivity index (χ3n) is 4.23. The van der Waals surface area contributed by atoms with Crippen LogP contribution in [-0.2, 0) is 4.74 Å². The molecule has 0 aliphatic rings. The molecule has 140 valence electrons. The number of methoxy groups -OCH3 is 1. The lowest BCUT2D eigenvalue weighted by Gasteiger charge is -2.14. The Morgan fingerprint density at radius 1 is 0.926 bits per heavy atom. The first kappa shape index (κ1) is 18.6. The van der Waals surface area contributed by atoms with Gasteiger partial charge in [0.15, 0.2) is 0 Å². The molecule has 0 radical (unpaired) electrons. The van der Waals surface area contributed by atoms with Crippen molar-refractivity contribution in [2.24, 2.45) is 0 Å². The zero-order valence-electron chi connectivity index (χ0n) is 15.7. The number of hydrogen-bond donors (Lipinski definition) is 1. The van der Waals surface area contributed by atoms with Crippen molar-refractivity contribution in [1.29, 1.82) is 0 Å². The zero-order chi connectivity index (χ0) is 19.2. The normalized spacial score (nSPS) is 11.7. The summed E-state index contributed by atoms with van der Waals surface area (Å²) in [7, 11) is 1.36. The Bertz CT molecular complexity index is 921. The first-order valence-electron chi connectivity index (χ1n) is 8.88. The number of alkyl carbamates (subject to hydrolysis) is 1. The van der Waals surface area contributed by atoms with Gasteiger partial charge in [-0.1, -0.05) is 18.2 Å². The van der Waals surface area contributed by atoms with Crippen molar-refractivity contribution in [2.45, 2.75) is 19.9 Å². The number of carbonyl (C=O) groups is 1. The summed E-state index contributed by atoms with van der Waals surface area (Å²) < 4.78 is 16.0. The van der Waals surface area contributed by atoms with E-state index in [-0.39, 0.29) is 6.04 Å². The summed E-state index contributed by atoms with van der Waals surface area (Å²) in [5, 5.41) is 4.91. The molecule has 1 unspecified atom stereocenters. The Morgan fingerprint density at radius 2 is 1.56 bits per heavy atom. The maximum absolute atomic E-state index is 11.4. The van der Waals surface area contributed by atoms with Gasteiger partial charge in [-0.25, -0.2) is 4.79 Å². The van der Waals surface area contributed by atoms with Crippen LogP contribution in [0.15, 0.2) is 60.7 Å². The van der Waals surface area contributed by atoms with Gasteiger partial charge in [0.1, 0.15) is 17.2 Å². The average Bonchev–Trinajstić information content (AvgIpc) is 2.69. The van der Waals surface area contributed by atoms with E-state index in [9.17, 15) is 4.79 Å². The van der Waals surface area contributed by atoms with Crippen LogP contribution in [-0.4, -0.2) is 19.8 Å². The van der Waals surface area contributed by atoms with Crippen molar-refractivity contribution in [3.05, 3.63) is 66.2 Å². The summed E-state index contributed by atoms with van der Waals surface area (Å²) in [6.45, 7) is 4.51. The molecule has 0 bridgehead atoms. The molecule has 5 heteroatoms. The predicted molar refractivity (Wildman–Crippen MR) is 106 cm³/mol. The highest BCUT2D eigenvalue weighted by Crippen LogP contribution is 2.28. The Hall–Kier alpha value is -3.21. The number of benzene rings is 3. The Morgan fingerprint density at radius 3 is 2.26 bits per heavy atom. The van der Waals surface area contributed by atoms with Gasteiger partial charge in [-0.05, 0) is 72.6 Å². The molecule has 0 spiro atoms. The highest BCUT2D eigenvalue weighted by Gasteiger charge is 2.10. The van der Waals surface area contributed by atoms with Gasteiger partial charge in [0.05, 0.1) is 19.8 Å². The molecule has 0 fully saturated rings. The molecular formula is C22H23NO4. The van der Waals surface area contributed by atoms with Crippen LogP contribution in [0.2, 0.25) is 0 Å². The lowest BCUT2D eigenvalue weighted by atomic mass is 10.0. The third kappa shape index (κ3) is 4.70. The van der Waals surface area contributed by atoms with E-state index < -0.39 is 6.09 Å². The lowest BCUT2D eigenvalue weighted by Crippen LogP contribution is -2.26. The van der Waals surface area contributed by atoms with E-state index in [1.54, 1.807) is 0 Å². The van der Waals surface area contributed by atoms with Crippen LogP contribution in [0.5, 0.6) is 17.2 Å².